The van der Waals surface area contributed by atoms with Crippen LogP contribution in [0.4, 0.5) is 17.1 Å². The van der Waals surface area contributed by atoms with Gasteiger partial charge in [-0.3, -0.25) is 0 Å². The lowest BCUT2D eigenvalue weighted by molar-refractivity contribution is -0.113. The SMILES string of the molecule is Cc1ccc([N+](C=O)(c2ccccc2)c2ccccc2)cc1. The van der Waals surface area contributed by atoms with Crippen LogP contribution in [0.15, 0.2) is 84.9 Å². The van der Waals surface area contributed by atoms with E-state index < -0.39 is 0 Å². The molecule has 0 saturated heterocycles. The van der Waals surface area contributed by atoms with Gasteiger partial charge in [0.15, 0.2) is 0 Å². The number of carbonyl (C=O) groups is 1. The molecule has 0 fully saturated rings. The van der Waals surface area contributed by atoms with Crippen molar-refractivity contribution in [3.05, 3.63) is 90.5 Å². The number of amides is 1. The van der Waals surface area contributed by atoms with Gasteiger partial charge in [-0.1, -0.05) is 54.1 Å². The van der Waals surface area contributed by atoms with Crippen LogP contribution >= 0.6 is 0 Å². The molecule has 0 radical (unpaired) electrons. The van der Waals surface area contributed by atoms with Gasteiger partial charge in [-0.05, 0) is 6.92 Å². The average molecular weight is 288 g/mol. The summed E-state index contributed by atoms with van der Waals surface area (Å²) in [7, 11) is 0. The summed E-state index contributed by atoms with van der Waals surface area (Å²) in [4.78, 5) is 12.3. The molecule has 0 unspecified atom stereocenters. The van der Waals surface area contributed by atoms with Crippen molar-refractivity contribution in [2.75, 3.05) is 0 Å². The lowest BCUT2D eigenvalue weighted by Crippen LogP contribution is -2.37. The molecule has 3 aromatic rings. The zero-order valence-corrected chi connectivity index (χ0v) is 12.5. The highest BCUT2D eigenvalue weighted by atomic mass is 16.1. The Labute approximate surface area is 130 Å². The van der Waals surface area contributed by atoms with Crippen molar-refractivity contribution in [2.45, 2.75) is 6.92 Å². The number of rotatable bonds is 4. The zero-order chi connectivity index (χ0) is 15.4. The Morgan fingerprint density at radius 3 is 1.45 bits per heavy atom. The van der Waals surface area contributed by atoms with E-state index in [2.05, 4.69) is 0 Å². The van der Waals surface area contributed by atoms with Crippen LogP contribution in [0.3, 0.4) is 0 Å². The lowest BCUT2D eigenvalue weighted by atomic mass is 10.1. The lowest BCUT2D eigenvalue weighted by Gasteiger charge is -2.30. The quantitative estimate of drug-likeness (QED) is 0.481. The van der Waals surface area contributed by atoms with Crippen molar-refractivity contribution in [1.29, 1.82) is 0 Å². The van der Waals surface area contributed by atoms with E-state index in [1.165, 1.54) is 5.56 Å². The largest absolute Gasteiger partial charge is 0.316 e. The first-order valence-electron chi connectivity index (χ1n) is 7.31. The molecule has 3 aromatic carbocycles. The Balaban J connectivity index is 2.30. The van der Waals surface area contributed by atoms with Crippen LogP contribution < -0.4 is 4.48 Å². The molecule has 1 amide bonds. The summed E-state index contributed by atoms with van der Waals surface area (Å²) in [6, 6.07) is 27.8. The van der Waals surface area contributed by atoms with Crippen molar-refractivity contribution in [2.24, 2.45) is 0 Å². The summed E-state index contributed by atoms with van der Waals surface area (Å²) >= 11 is 0. The fourth-order valence-electron chi connectivity index (χ4n) is 2.74. The molecule has 2 heteroatoms. The Morgan fingerprint density at radius 2 is 1.05 bits per heavy atom. The number of benzene rings is 3. The van der Waals surface area contributed by atoms with Crippen LogP contribution in [0.1, 0.15) is 5.56 Å². The fraction of sp³-hybridized carbons (Fsp3) is 0.0500. The zero-order valence-electron chi connectivity index (χ0n) is 12.5. The van der Waals surface area contributed by atoms with Crippen molar-refractivity contribution in [3.63, 3.8) is 0 Å². The Hall–Kier alpha value is -2.71. The standard InChI is InChI=1S/C20H18NO/c1-17-12-14-20(15-13-17)21(16-22,18-8-4-2-5-9-18)19-10-6-3-7-11-19/h2-16H,1H3/q+1. The fourth-order valence-corrected chi connectivity index (χ4v) is 2.74. The average Bonchev–Trinajstić information content (AvgIpc) is 2.59. The van der Waals surface area contributed by atoms with Gasteiger partial charge < -0.3 is 0 Å². The molecule has 0 aliphatic rings. The molecular formula is C20H18NO+. The van der Waals surface area contributed by atoms with E-state index in [-0.39, 0.29) is 4.48 Å². The summed E-state index contributed by atoms with van der Waals surface area (Å²) in [6.45, 7) is 2.05. The van der Waals surface area contributed by atoms with Gasteiger partial charge in [0.05, 0.1) is 0 Å². The maximum Gasteiger partial charge on any atom is 0.316 e. The maximum absolute atomic E-state index is 12.3. The topological polar surface area (TPSA) is 17.1 Å². The molecule has 0 saturated carbocycles. The predicted molar refractivity (Wildman–Crippen MR) is 91.2 cm³/mol. The minimum absolute atomic E-state index is 0.0575. The molecule has 0 atom stereocenters. The van der Waals surface area contributed by atoms with Crippen molar-refractivity contribution in [3.8, 4) is 0 Å². The Morgan fingerprint density at radius 1 is 0.636 bits per heavy atom. The summed E-state index contributed by atoms with van der Waals surface area (Å²) < 4.78 is 0.0575. The third-order valence-electron chi connectivity index (χ3n) is 3.93. The molecule has 0 heterocycles. The second kappa shape index (κ2) is 5.96. The highest BCUT2D eigenvalue weighted by Gasteiger charge is 2.36. The number of para-hydroxylation sites is 2. The molecule has 0 aliphatic heterocycles. The van der Waals surface area contributed by atoms with Crippen LogP contribution in [0.5, 0.6) is 0 Å². The van der Waals surface area contributed by atoms with Crippen LogP contribution in [0.2, 0.25) is 0 Å². The smallest absolute Gasteiger partial charge is 0.233 e. The number of carbonyl (C=O) groups excluding carboxylic acids is 1. The third kappa shape index (κ3) is 2.34. The van der Waals surface area contributed by atoms with E-state index in [1.54, 1.807) is 0 Å². The van der Waals surface area contributed by atoms with E-state index in [9.17, 15) is 4.79 Å². The molecule has 2 nitrogen and oxygen atoms in total. The van der Waals surface area contributed by atoms with Gasteiger partial charge in [0, 0.05) is 36.4 Å². The van der Waals surface area contributed by atoms with Crippen molar-refractivity contribution < 1.29 is 4.79 Å². The molecule has 0 N–H and O–H groups in total. The molecule has 0 spiro atoms. The second-order valence-electron chi connectivity index (χ2n) is 5.33. The van der Waals surface area contributed by atoms with Gasteiger partial charge in [0.1, 0.15) is 17.1 Å². The maximum atomic E-state index is 12.3. The van der Waals surface area contributed by atoms with Crippen LogP contribution in [0.25, 0.3) is 0 Å². The molecular weight excluding hydrogens is 270 g/mol. The highest BCUT2D eigenvalue weighted by Crippen LogP contribution is 2.41. The van der Waals surface area contributed by atoms with Gasteiger partial charge in [-0.15, -0.1) is 0 Å². The number of nitrogens with zero attached hydrogens (tertiary/aromatic N) is 1. The summed E-state index contributed by atoms with van der Waals surface area (Å²) in [5.41, 5.74) is 3.95. The number of aryl methyl sites for hydroxylation is 1. The first-order chi connectivity index (χ1) is 10.8. The Kier molecular flexibility index (Phi) is 3.86. The molecule has 3 rings (SSSR count). The summed E-state index contributed by atoms with van der Waals surface area (Å²) in [6.07, 6.45) is 0.995. The third-order valence-corrected chi connectivity index (χ3v) is 3.93. The molecule has 22 heavy (non-hydrogen) atoms. The van der Waals surface area contributed by atoms with Crippen LogP contribution in [-0.4, -0.2) is 6.41 Å². The molecule has 108 valence electrons. The first-order valence-corrected chi connectivity index (χ1v) is 7.31. The van der Waals surface area contributed by atoms with E-state index in [0.29, 0.717) is 0 Å². The number of hydrogen-bond donors (Lipinski definition) is 0. The second-order valence-corrected chi connectivity index (χ2v) is 5.33. The minimum atomic E-state index is 0.0575. The van der Waals surface area contributed by atoms with Gasteiger partial charge in [-0.25, -0.2) is 4.79 Å². The molecule has 0 aromatic heterocycles. The van der Waals surface area contributed by atoms with Crippen molar-refractivity contribution in [1.82, 2.24) is 4.48 Å². The van der Waals surface area contributed by atoms with Gasteiger partial charge in [0.25, 0.3) is 0 Å². The van der Waals surface area contributed by atoms with E-state index in [1.807, 2.05) is 91.9 Å². The predicted octanol–water partition coefficient (Wildman–Crippen LogP) is 5.12. The first kappa shape index (κ1) is 14.2. The summed E-state index contributed by atoms with van der Waals surface area (Å²) in [5.74, 6) is 0. The number of hydrogen-bond acceptors (Lipinski definition) is 1. The highest BCUT2D eigenvalue weighted by molar-refractivity contribution is 5.89. The van der Waals surface area contributed by atoms with E-state index >= 15 is 0 Å². The molecule has 0 bridgehead atoms. The van der Waals surface area contributed by atoms with E-state index in [0.717, 1.165) is 23.5 Å². The normalized spacial score (nSPS) is 11.1. The minimum Gasteiger partial charge on any atom is -0.233 e. The van der Waals surface area contributed by atoms with Crippen molar-refractivity contribution >= 4 is 23.5 Å². The van der Waals surface area contributed by atoms with Gasteiger partial charge in [0.2, 0.25) is 0 Å². The number of quaternary nitrogens is 1. The Bertz CT molecular complexity index is 709. The van der Waals surface area contributed by atoms with Crippen LogP contribution in [-0.2, 0) is 4.79 Å². The molecule has 0 aliphatic carbocycles. The van der Waals surface area contributed by atoms with Crippen LogP contribution in [0, 0.1) is 6.92 Å². The van der Waals surface area contributed by atoms with E-state index in [4.69, 9.17) is 0 Å². The summed E-state index contributed by atoms with van der Waals surface area (Å²) in [5, 5.41) is 0. The van der Waals surface area contributed by atoms with Gasteiger partial charge in [-0.2, -0.15) is 4.48 Å². The van der Waals surface area contributed by atoms with Gasteiger partial charge >= 0.3 is 6.41 Å². The monoisotopic (exact) mass is 288 g/mol.